The minimum atomic E-state index is 0.757. The third kappa shape index (κ3) is 5.25. The molecular weight excluding hydrogens is 536 g/mol. The number of hydrogen-bond acceptors (Lipinski definition) is 5. The molecule has 0 saturated carbocycles. The van der Waals surface area contributed by atoms with E-state index in [2.05, 4.69) is 70.3 Å². The third-order valence-corrected chi connectivity index (χ3v) is 8.28. The molecule has 0 bridgehead atoms. The number of benzene rings is 1. The maximum atomic E-state index is 5.02. The number of thiophene rings is 1. The van der Waals surface area contributed by atoms with Gasteiger partial charge in [-0.3, -0.25) is 10.1 Å². The van der Waals surface area contributed by atoms with E-state index in [1.165, 1.54) is 4.88 Å². The molecule has 7 heteroatoms. The number of aryl methyl sites for hydroxylation is 1. The van der Waals surface area contributed by atoms with Crippen LogP contribution in [0.4, 0.5) is 5.69 Å². The van der Waals surface area contributed by atoms with E-state index in [4.69, 9.17) is 4.98 Å². The fraction of sp³-hybridized carbons (Fsp3) is 0.0571. The van der Waals surface area contributed by atoms with Crippen LogP contribution in [0.1, 0.15) is 33.5 Å². The van der Waals surface area contributed by atoms with Crippen LogP contribution in [0.3, 0.4) is 0 Å². The molecule has 0 amide bonds. The Balaban J connectivity index is 1.34. The van der Waals surface area contributed by atoms with Gasteiger partial charge < -0.3 is 10.3 Å². The molecule has 6 rings (SSSR count). The number of aromatic nitrogens is 5. The summed E-state index contributed by atoms with van der Waals surface area (Å²) in [5, 5.41) is 11.1. The average molecular weight is 567 g/mol. The van der Waals surface area contributed by atoms with Crippen molar-refractivity contribution in [3.63, 3.8) is 0 Å². The second-order valence-corrected chi connectivity index (χ2v) is 11.2. The van der Waals surface area contributed by atoms with Gasteiger partial charge in [-0.25, -0.2) is 4.98 Å². The summed E-state index contributed by atoms with van der Waals surface area (Å²) in [6, 6.07) is 22.4. The molecule has 0 unspecified atom stereocenters. The topological polar surface area (TPSA) is 82.3 Å². The zero-order valence-electron chi connectivity index (χ0n) is 23.5. The lowest BCUT2D eigenvalue weighted by molar-refractivity contribution is 1.11. The highest BCUT2D eigenvalue weighted by Crippen LogP contribution is 2.36. The second kappa shape index (κ2) is 11.3. The normalized spacial score (nSPS) is 11.5. The first-order valence-electron chi connectivity index (χ1n) is 13.5. The highest BCUT2D eigenvalue weighted by Gasteiger charge is 2.18. The van der Waals surface area contributed by atoms with Crippen molar-refractivity contribution in [1.82, 2.24) is 25.1 Å². The van der Waals surface area contributed by atoms with Gasteiger partial charge in [0, 0.05) is 44.0 Å². The highest BCUT2D eigenvalue weighted by molar-refractivity contribution is 7.14. The molecule has 6 nitrogen and oxygen atoms in total. The number of nitrogens with zero attached hydrogens (tertiary/aromatic N) is 3. The number of allylic oxidation sites excluding steroid dienone is 3. The van der Waals surface area contributed by atoms with E-state index in [1.54, 1.807) is 17.5 Å². The number of nitrogens with one attached hydrogen (secondary N) is 3. The van der Waals surface area contributed by atoms with E-state index < -0.39 is 0 Å². The van der Waals surface area contributed by atoms with Gasteiger partial charge in [-0.05, 0) is 61.4 Å². The molecule has 0 saturated heterocycles. The van der Waals surface area contributed by atoms with Crippen LogP contribution in [0.2, 0.25) is 0 Å². The molecule has 5 aromatic heterocycles. The van der Waals surface area contributed by atoms with Crippen molar-refractivity contribution < 1.29 is 0 Å². The van der Waals surface area contributed by atoms with Crippen LogP contribution in [0.25, 0.3) is 50.5 Å². The highest BCUT2D eigenvalue weighted by atomic mass is 32.1. The molecule has 6 aromatic rings. The Labute approximate surface area is 248 Å². The van der Waals surface area contributed by atoms with Crippen molar-refractivity contribution in [1.29, 1.82) is 0 Å². The summed E-state index contributed by atoms with van der Waals surface area (Å²) in [5.41, 5.74) is 11.9. The van der Waals surface area contributed by atoms with E-state index in [1.807, 2.05) is 73.8 Å². The van der Waals surface area contributed by atoms with Crippen LogP contribution in [0.5, 0.6) is 0 Å². The van der Waals surface area contributed by atoms with Gasteiger partial charge in [0.1, 0.15) is 11.2 Å². The summed E-state index contributed by atoms with van der Waals surface area (Å²) < 4.78 is 0. The van der Waals surface area contributed by atoms with E-state index in [0.29, 0.717) is 0 Å². The standard InChI is InChI=1S/C35H30N6S/c1-6-10-27(33-16-15-32(42-33)21(2)3)28-18-31(38-23(28)5)35-34-30(40-41-35)14-13-29(39-34)25-17-26(20-36-19-25)37-22(4)24-11-8-7-9-12-24/h6-20,37-38H,1-2,4H2,3,5H3,(H,40,41)/b27-10+. The third-order valence-electron chi connectivity index (χ3n) is 7.00. The van der Waals surface area contributed by atoms with Crippen LogP contribution in [-0.4, -0.2) is 25.1 Å². The van der Waals surface area contributed by atoms with Crippen LogP contribution in [0.15, 0.2) is 111 Å². The number of fused-ring (bicyclic) bond motifs is 1. The lowest BCUT2D eigenvalue weighted by atomic mass is 10.0. The fourth-order valence-corrected chi connectivity index (χ4v) is 5.85. The van der Waals surface area contributed by atoms with E-state index in [9.17, 15) is 0 Å². The first kappa shape index (κ1) is 26.9. The van der Waals surface area contributed by atoms with Crippen LogP contribution >= 0.6 is 11.3 Å². The minimum Gasteiger partial charge on any atom is -0.357 e. The Kier molecular flexibility index (Phi) is 7.25. The maximum Gasteiger partial charge on any atom is 0.135 e. The quantitative estimate of drug-likeness (QED) is 0.152. The summed E-state index contributed by atoms with van der Waals surface area (Å²) in [6.45, 7) is 16.3. The van der Waals surface area contributed by atoms with Gasteiger partial charge in [-0.1, -0.05) is 62.2 Å². The first-order chi connectivity index (χ1) is 20.4. The van der Waals surface area contributed by atoms with Gasteiger partial charge in [0.2, 0.25) is 0 Å². The largest absolute Gasteiger partial charge is 0.357 e. The molecule has 0 atom stereocenters. The van der Waals surface area contributed by atoms with Gasteiger partial charge in [0.05, 0.1) is 28.8 Å². The van der Waals surface area contributed by atoms with Crippen molar-refractivity contribution in [2.45, 2.75) is 13.8 Å². The predicted octanol–water partition coefficient (Wildman–Crippen LogP) is 9.12. The van der Waals surface area contributed by atoms with Gasteiger partial charge in [0.15, 0.2) is 0 Å². The average Bonchev–Trinajstić information content (AvgIpc) is 3.75. The van der Waals surface area contributed by atoms with E-state index in [0.717, 1.165) is 77.9 Å². The Bertz CT molecular complexity index is 1990. The summed E-state index contributed by atoms with van der Waals surface area (Å²) in [7, 11) is 0. The van der Waals surface area contributed by atoms with Gasteiger partial charge >= 0.3 is 0 Å². The Morgan fingerprint density at radius 1 is 0.976 bits per heavy atom. The van der Waals surface area contributed by atoms with E-state index in [-0.39, 0.29) is 0 Å². The molecule has 0 fully saturated rings. The molecule has 0 aliphatic carbocycles. The Hall–Kier alpha value is -5.27. The van der Waals surface area contributed by atoms with Crippen LogP contribution in [0, 0.1) is 6.92 Å². The van der Waals surface area contributed by atoms with Crippen molar-refractivity contribution in [2.24, 2.45) is 0 Å². The summed E-state index contributed by atoms with van der Waals surface area (Å²) in [5.74, 6) is 0. The van der Waals surface area contributed by atoms with Crippen LogP contribution < -0.4 is 5.32 Å². The lowest BCUT2D eigenvalue weighted by Gasteiger charge is -2.10. The molecule has 5 heterocycles. The fourth-order valence-electron chi connectivity index (χ4n) is 4.88. The molecule has 0 aliphatic heterocycles. The molecule has 42 heavy (non-hydrogen) atoms. The SMILES string of the molecule is C=C/C=C(/c1ccc(C(=C)C)s1)c1cc(-c2n[nH]c3ccc(-c4cncc(NC(=C)c5ccccc5)c4)nc23)[nH]c1C. The monoisotopic (exact) mass is 566 g/mol. The molecule has 1 aromatic carbocycles. The van der Waals surface area contributed by atoms with Crippen molar-refractivity contribution in [3.05, 3.63) is 138 Å². The molecule has 206 valence electrons. The number of aromatic amines is 2. The zero-order valence-corrected chi connectivity index (χ0v) is 24.3. The van der Waals surface area contributed by atoms with Crippen molar-refractivity contribution >= 4 is 44.9 Å². The molecule has 3 N–H and O–H groups in total. The zero-order chi connectivity index (χ0) is 29.2. The maximum absolute atomic E-state index is 5.02. The number of anilines is 1. The number of rotatable bonds is 9. The summed E-state index contributed by atoms with van der Waals surface area (Å²) in [6.07, 6.45) is 7.47. The predicted molar refractivity (Wildman–Crippen MR) is 177 cm³/mol. The van der Waals surface area contributed by atoms with Gasteiger partial charge in [-0.15, -0.1) is 11.3 Å². The van der Waals surface area contributed by atoms with Crippen LogP contribution in [-0.2, 0) is 0 Å². The molecule has 0 spiro atoms. The van der Waals surface area contributed by atoms with E-state index >= 15 is 0 Å². The second-order valence-electron chi connectivity index (χ2n) is 10.1. The minimum absolute atomic E-state index is 0.757. The number of H-pyrrole nitrogens is 2. The number of hydrogen-bond donors (Lipinski definition) is 3. The Morgan fingerprint density at radius 2 is 1.79 bits per heavy atom. The molecule has 0 radical (unpaired) electrons. The smallest absolute Gasteiger partial charge is 0.135 e. The first-order valence-corrected chi connectivity index (χ1v) is 14.3. The van der Waals surface area contributed by atoms with Crippen molar-refractivity contribution in [2.75, 3.05) is 5.32 Å². The molecule has 0 aliphatic rings. The van der Waals surface area contributed by atoms with Gasteiger partial charge in [0.25, 0.3) is 0 Å². The lowest BCUT2D eigenvalue weighted by Crippen LogP contribution is -1.98. The Morgan fingerprint density at radius 3 is 2.55 bits per heavy atom. The number of pyridine rings is 2. The van der Waals surface area contributed by atoms with Gasteiger partial charge in [-0.2, -0.15) is 5.10 Å². The summed E-state index contributed by atoms with van der Waals surface area (Å²) >= 11 is 1.72. The molecular formula is C35H30N6S. The summed E-state index contributed by atoms with van der Waals surface area (Å²) in [4.78, 5) is 15.3. The van der Waals surface area contributed by atoms with Crippen molar-refractivity contribution in [3.8, 4) is 22.6 Å².